The normalized spacial score (nSPS) is 14.3. The van der Waals surface area contributed by atoms with E-state index in [1.807, 2.05) is 12.1 Å². The number of nitrogens with zero attached hydrogens (tertiary/aromatic N) is 2. The maximum Gasteiger partial charge on any atom is 0.733 e. The third-order valence-corrected chi connectivity index (χ3v) is 11.4. The zero-order valence-corrected chi connectivity index (χ0v) is 25.1. The molecule has 0 radical (unpaired) electrons. The molecule has 5 heteroatoms. The molecule has 4 nitrogen and oxygen atoms in total. The molecule has 0 fully saturated rings. The molecule has 6 aromatic carbocycles. The summed E-state index contributed by atoms with van der Waals surface area (Å²) in [7, 11) is -3.78. The quantitative estimate of drug-likeness (QED) is 0.192. The molecule has 0 aliphatic carbocycles. The Bertz CT molecular complexity index is 1830. The molecule has 6 aromatic rings. The van der Waals surface area contributed by atoms with Gasteiger partial charge in [0.1, 0.15) is 11.5 Å². The molecule has 8 rings (SSSR count). The van der Waals surface area contributed by atoms with Gasteiger partial charge in [-0.1, -0.05) is 108 Å². The van der Waals surface area contributed by atoms with E-state index < -0.39 is 8.88 Å². The lowest BCUT2D eigenvalue weighted by Crippen LogP contribution is -2.72. The van der Waals surface area contributed by atoms with Crippen LogP contribution in [0.1, 0.15) is 11.1 Å². The number of hydrogen-bond acceptors (Lipinski definition) is 4. The van der Waals surface area contributed by atoms with Gasteiger partial charge in [0.25, 0.3) is 0 Å². The van der Waals surface area contributed by atoms with Crippen LogP contribution in [0.25, 0.3) is 22.3 Å². The van der Waals surface area contributed by atoms with Crippen molar-refractivity contribution >= 4 is 31.6 Å². The van der Waals surface area contributed by atoms with Crippen molar-refractivity contribution in [2.45, 2.75) is 13.8 Å². The van der Waals surface area contributed by atoms with E-state index in [1.54, 1.807) is 0 Å². The van der Waals surface area contributed by atoms with E-state index in [0.717, 1.165) is 56.5 Å². The van der Waals surface area contributed by atoms with E-state index in [4.69, 9.17) is 8.85 Å². The Kier molecular flexibility index (Phi) is 5.88. The molecule has 0 saturated heterocycles. The molecule has 1 spiro atoms. The zero-order valence-electron chi connectivity index (χ0n) is 24.1. The van der Waals surface area contributed by atoms with Gasteiger partial charge in [0.2, 0.25) is 0 Å². The van der Waals surface area contributed by atoms with Crippen LogP contribution in [0.5, 0.6) is 11.5 Å². The maximum atomic E-state index is 7.52. The molecule has 2 aliphatic heterocycles. The Labute approximate surface area is 253 Å². The predicted molar refractivity (Wildman–Crippen MR) is 177 cm³/mol. The largest absolute Gasteiger partial charge is 0.733 e. The number of aryl methyl sites for hydroxylation is 2. The lowest BCUT2D eigenvalue weighted by Gasteiger charge is -2.44. The van der Waals surface area contributed by atoms with Crippen LogP contribution in [0, 0.1) is 13.8 Å². The van der Waals surface area contributed by atoms with Crippen molar-refractivity contribution in [3.63, 3.8) is 0 Å². The minimum absolute atomic E-state index is 0.796. The molecule has 0 atom stereocenters. The van der Waals surface area contributed by atoms with Gasteiger partial charge in [-0.05, 0) is 62.4 Å². The summed E-state index contributed by atoms with van der Waals surface area (Å²) in [6.07, 6.45) is 0. The third-order valence-electron chi connectivity index (χ3n) is 8.28. The second-order valence-corrected chi connectivity index (χ2v) is 13.5. The Morgan fingerprint density at radius 2 is 0.744 bits per heavy atom. The highest BCUT2D eigenvalue weighted by Gasteiger charge is 2.63. The fourth-order valence-electron chi connectivity index (χ4n) is 6.24. The van der Waals surface area contributed by atoms with Crippen molar-refractivity contribution in [1.29, 1.82) is 0 Å². The summed E-state index contributed by atoms with van der Waals surface area (Å²) in [6, 6.07) is 51.2. The van der Waals surface area contributed by atoms with Crippen molar-refractivity contribution in [2.75, 3.05) is 9.13 Å². The van der Waals surface area contributed by atoms with Gasteiger partial charge in [-0.3, -0.25) is 9.13 Å². The standard InChI is InChI=1S/C38H30N2O2Si/c1-27-19-23-29(24-20-27)39-35-15-7-3-11-31(35)33-13-5-9-17-37(33)41-43(39)40(30-25-21-28(2)22-26-30)36-16-8-4-12-32(36)34-14-6-10-18-38(34)42-43/h3-26H,1-2H3. The molecular weight excluding hydrogens is 545 g/mol. The number of benzene rings is 6. The average molecular weight is 575 g/mol. The molecule has 43 heavy (non-hydrogen) atoms. The van der Waals surface area contributed by atoms with E-state index in [9.17, 15) is 0 Å². The van der Waals surface area contributed by atoms with E-state index >= 15 is 0 Å². The van der Waals surface area contributed by atoms with Gasteiger partial charge in [-0.15, -0.1) is 0 Å². The topological polar surface area (TPSA) is 24.9 Å². The summed E-state index contributed by atoms with van der Waals surface area (Å²) >= 11 is 0. The van der Waals surface area contributed by atoms with Crippen molar-refractivity contribution in [3.05, 3.63) is 157 Å². The molecule has 0 amide bonds. The second-order valence-electron chi connectivity index (χ2n) is 11.1. The fourth-order valence-corrected chi connectivity index (χ4v) is 9.72. The first kappa shape index (κ1) is 25.4. The third kappa shape index (κ3) is 4.04. The average Bonchev–Trinajstić information content (AvgIpc) is 3.24. The Morgan fingerprint density at radius 3 is 1.16 bits per heavy atom. The van der Waals surface area contributed by atoms with Crippen molar-refractivity contribution < 1.29 is 8.85 Å². The molecule has 0 N–H and O–H groups in total. The Balaban J connectivity index is 1.54. The highest BCUT2D eigenvalue weighted by molar-refractivity contribution is 6.80. The van der Waals surface area contributed by atoms with E-state index in [2.05, 4.69) is 156 Å². The number of hydrogen-bond donors (Lipinski definition) is 0. The second kappa shape index (κ2) is 9.93. The van der Waals surface area contributed by atoms with Gasteiger partial charge >= 0.3 is 8.88 Å². The minimum Gasteiger partial charge on any atom is -0.480 e. The molecule has 0 aromatic heterocycles. The predicted octanol–water partition coefficient (Wildman–Crippen LogP) is 9.83. The van der Waals surface area contributed by atoms with Crippen LogP contribution in [0.4, 0.5) is 22.7 Å². The van der Waals surface area contributed by atoms with E-state index in [-0.39, 0.29) is 0 Å². The zero-order chi connectivity index (χ0) is 29.0. The summed E-state index contributed by atoms with van der Waals surface area (Å²) < 4.78 is 19.7. The fraction of sp³-hybridized carbons (Fsp3) is 0.0526. The van der Waals surface area contributed by atoms with Gasteiger partial charge in [-0.25, -0.2) is 0 Å². The summed E-state index contributed by atoms with van der Waals surface area (Å²) in [5.41, 5.74) is 10.8. The van der Waals surface area contributed by atoms with Crippen molar-refractivity contribution in [3.8, 4) is 33.8 Å². The lowest BCUT2D eigenvalue weighted by molar-refractivity contribution is 0.384. The Hall–Kier alpha value is -5.26. The Morgan fingerprint density at radius 1 is 0.395 bits per heavy atom. The van der Waals surface area contributed by atoms with E-state index in [1.165, 1.54) is 11.1 Å². The number of anilines is 4. The van der Waals surface area contributed by atoms with Crippen molar-refractivity contribution in [1.82, 2.24) is 0 Å². The summed E-state index contributed by atoms with van der Waals surface area (Å²) in [4.78, 5) is 0. The number of fused-ring (bicyclic) bond motifs is 6. The summed E-state index contributed by atoms with van der Waals surface area (Å²) in [5.74, 6) is 1.59. The highest BCUT2D eigenvalue weighted by Crippen LogP contribution is 2.53. The van der Waals surface area contributed by atoms with Crippen molar-refractivity contribution in [2.24, 2.45) is 0 Å². The number of para-hydroxylation sites is 4. The van der Waals surface area contributed by atoms with Gasteiger partial charge in [0.15, 0.2) is 0 Å². The molecule has 208 valence electrons. The summed E-state index contributed by atoms with van der Waals surface area (Å²) in [6.45, 7) is 4.24. The molecule has 0 saturated carbocycles. The highest BCUT2D eigenvalue weighted by atomic mass is 28.4. The van der Waals surface area contributed by atoms with Crippen LogP contribution in [0.3, 0.4) is 0 Å². The summed E-state index contributed by atoms with van der Waals surface area (Å²) in [5, 5.41) is 0. The van der Waals surface area contributed by atoms with Gasteiger partial charge < -0.3 is 8.85 Å². The first-order chi connectivity index (χ1) is 21.1. The molecule has 0 bridgehead atoms. The minimum atomic E-state index is -3.78. The smallest absolute Gasteiger partial charge is 0.480 e. The van der Waals surface area contributed by atoms with Crippen LogP contribution >= 0.6 is 0 Å². The SMILES string of the molecule is Cc1ccc(N2c3ccccc3-c3ccccc3O[Si]23Oc2ccccc2-c2ccccc2N3c2ccc(C)cc2)cc1. The first-order valence-electron chi connectivity index (χ1n) is 14.6. The van der Waals surface area contributed by atoms with Crippen LogP contribution in [0.15, 0.2) is 146 Å². The molecule has 2 aliphatic rings. The molecule has 0 unspecified atom stereocenters. The van der Waals surface area contributed by atoms with Gasteiger partial charge in [-0.2, -0.15) is 0 Å². The number of rotatable bonds is 2. The molecule has 2 heterocycles. The molecular formula is C38H30N2O2Si. The van der Waals surface area contributed by atoms with Gasteiger partial charge in [0, 0.05) is 45.0 Å². The van der Waals surface area contributed by atoms with Crippen LogP contribution in [-0.4, -0.2) is 8.88 Å². The van der Waals surface area contributed by atoms with E-state index in [0.29, 0.717) is 0 Å². The monoisotopic (exact) mass is 574 g/mol. The van der Waals surface area contributed by atoms with Gasteiger partial charge in [0.05, 0.1) is 0 Å². The van der Waals surface area contributed by atoms with Crippen LogP contribution in [0.2, 0.25) is 0 Å². The van der Waals surface area contributed by atoms with Crippen LogP contribution in [-0.2, 0) is 0 Å². The maximum absolute atomic E-state index is 7.52. The van der Waals surface area contributed by atoms with Crippen LogP contribution < -0.4 is 18.0 Å². The lowest BCUT2D eigenvalue weighted by atomic mass is 10.0. The first-order valence-corrected chi connectivity index (χ1v) is 16.3.